The number of carbonyl (C=O) groups is 3. The van der Waals surface area contributed by atoms with Crippen molar-refractivity contribution in [2.45, 2.75) is 20.8 Å². The van der Waals surface area contributed by atoms with Gasteiger partial charge in [-0.1, -0.05) is 0 Å². The lowest BCUT2D eigenvalue weighted by Gasteiger charge is -2.14. The number of rotatable bonds is 2. The van der Waals surface area contributed by atoms with Crippen molar-refractivity contribution in [3.8, 4) is 0 Å². The van der Waals surface area contributed by atoms with Gasteiger partial charge in [0.1, 0.15) is 5.78 Å². The standard InChI is InChI=1S/C7H11NO3/c1-5(9)4-8(6(2)10)7(3)11/h4H2,1-3H3. The first-order valence-electron chi connectivity index (χ1n) is 3.23. The Bertz CT molecular complexity index is 184. The molecule has 0 saturated heterocycles. The maximum atomic E-state index is 10.7. The normalized spacial score (nSPS) is 9.00. The van der Waals surface area contributed by atoms with E-state index in [0.717, 1.165) is 4.90 Å². The number of imide groups is 1. The number of hydrogen-bond acceptors (Lipinski definition) is 3. The molecule has 0 aliphatic heterocycles. The number of carbonyl (C=O) groups excluding carboxylic acids is 3. The third-order valence-corrected chi connectivity index (χ3v) is 1.14. The van der Waals surface area contributed by atoms with E-state index in [1.165, 1.54) is 20.8 Å². The molecule has 0 aliphatic rings. The van der Waals surface area contributed by atoms with Crippen molar-refractivity contribution >= 4 is 17.6 Å². The summed E-state index contributed by atoms with van der Waals surface area (Å²) < 4.78 is 0. The van der Waals surface area contributed by atoms with Crippen LogP contribution in [0.15, 0.2) is 0 Å². The molecular formula is C7H11NO3. The van der Waals surface area contributed by atoms with Crippen LogP contribution in [-0.4, -0.2) is 29.0 Å². The molecule has 0 aromatic rings. The van der Waals surface area contributed by atoms with E-state index in [2.05, 4.69) is 0 Å². The van der Waals surface area contributed by atoms with E-state index < -0.39 is 11.8 Å². The summed E-state index contributed by atoms with van der Waals surface area (Å²) in [7, 11) is 0. The zero-order valence-corrected chi connectivity index (χ0v) is 6.88. The zero-order valence-electron chi connectivity index (χ0n) is 6.88. The molecule has 2 amide bonds. The second-order valence-corrected chi connectivity index (χ2v) is 2.33. The molecule has 0 atom stereocenters. The molecule has 62 valence electrons. The van der Waals surface area contributed by atoms with Crippen LogP contribution in [0.1, 0.15) is 20.8 Å². The molecular weight excluding hydrogens is 146 g/mol. The van der Waals surface area contributed by atoms with Gasteiger partial charge in [-0.05, 0) is 6.92 Å². The van der Waals surface area contributed by atoms with Gasteiger partial charge in [0.25, 0.3) is 0 Å². The van der Waals surface area contributed by atoms with Crippen molar-refractivity contribution in [3.63, 3.8) is 0 Å². The van der Waals surface area contributed by atoms with Crippen LogP contribution in [0.4, 0.5) is 0 Å². The summed E-state index contributed by atoms with van der Waals surface area (Å²) in [5.74, 6) is -0.990. The van der Waals surface area contributed by atoms with E-state index in [1.54, 1.807) is 0 Å². The highest BCUT2D eigenvalue weighted by molar-refractivity contribution is 5.96. The van der Waals surface area contributed by atoms with Crippen LogP contribution in [0.5, 0.6) is 0 Å². The maximum Gasteiger partial charge on any atom is 0.226 e. The smallest absolute Gasteiger partial charge is 0.226 e. The fourth-order valence-corrected chi connectivity index (χ4v) is 0.667. The van der Waals surface area contributed by atoms with Crippen molar-refractivity contribution in [2.24, 2.45) is 0 Å². The fraction of sp³-hybridized carbons (Fsp3) is 0.571. The Balaban J connectivity index is 4.23. The molecule has 0 unspecified atom stereocenters. The highest BCUT2D eigenvalue weighted by Gasteiger charge is 2.14. The monoisotopic (exact) mass is 157 g/mol. The molecule has 0 bridgehead atoms. The number of amides is 2. The van der Waals surface area contributed by atoms with Gasteiger partial charge in [0.2, 0.25) is 11.8 Å². The minimum Gasteiger partial charge on any atom is -0.298 e. The maximum absolute atomic E-state index is 10.7. The van der Waals surface area contributed by atoms with Gasteiger partial charge in [0.05, 0.1) is 6.54 Å². The van der Waals surface area contributed by atoms with Gasteiger partial charge in [-0.15, -0.1) is 0 Å². The van der Waals surface area contributed by atoms with E-state index in [1.807, 2.05) is 0 Å². The molecule has 0 spiro atoms. The number of Topliss-reactive ketones (excluding diaryl/α,β-unsaturated/α-hetero) is 1. The summed E-state index contributed by atoms with van der Waals surface area (Å²) in [6.07, 6.45) is 0. The Morgan fingerprint density at radius 3 is 1.45 bits per heavy atom. The third-order valence-electron chi connectivity index (χ3n) is 1.14. The predicted octanol–water partition coefficient (Wildman–Crippen LogP) is -0.0296. The molecule has 4 heteroatoms. The largest absolute Gasteiger partial charge is 0.298 e. The second kappa shape index (κ2) is 3.85. The Morgan fingerprint density at radius 1 is 1.00 bits per heavy atom. The van der Waals surface area contributed by atoms with Gasteiger partial charge < -0.3 is 0 Å². The first-order chi connectivity index (χ1) is 4.95. The van der Waals surface area contributed by atoms with Crippen molar-refractivity contribution in [3.05, 3.63) is 0 Å². The van der Waals surface area contributed by atoms with Crippen LogP contribution < -0.4 is 0 Å². The van der Waals surface area contributed by atoms with Crippen molar-refractivity contribution < 1.29 is 14.4 Å². The van der Waals surface area contributed by atoms with Crippen LogP contribution in [0.3, 0.4) is 0 Å². The van der Waals surface area contributed by atoms with Gasteiger partial charge in [0.15, 0.2) is 0 Å². The van der Waals surface area contributed by atoms with Crippen LogP contribution in [0, 0.1) is 0 Å². The number of nitrogens with zero attached hydrogens (tertiary/aromatic N) is 1. The van der Waals surface area contributed by atoms with Crippen molar-refractivity contribution in [1.29, 1.82) is 0 Å². The first kappa shape index (κ1) is 9.81. The summed E-state index contributed by atoms with van der Waals surface area (Å²) in [6, 6.07) is 0. The molecule has 0 aromatic carbocycles. The van der Waals surface area contributed by atoms with Crippen LogP contribution >= 0.6 is 0 Å². The van der Waals surface area contributed by atoms with Gasteiger partial charge >= 0.3 is 0 Å². The quantitative estimate of drug-likeness (QED) is 0.565. The Hall–Kier alpha value is -1.19. The summed E-state index contributed by atoms with van der Waals surface area (Å²) >= 11 is 0. The Labute approximate surface area is 65.2 Å². The predicted molar refractivity (Wildman–Crippen MR) is 38.7 cm³/mol. The molecule has 0 radical (unpaired) electrons. The van der Waals surface area contributed by atoms with E-state index in [9.17, 15) is 14.4 Å². The summed E-state index contributed by atoms with van der Waals surface area (Å²) in [4.78, 5) is 32.8. The van der Waals surface area contributed by atoms with Gasteiger partial charge in [-0.3, -0.25) is 19.3 Å². The van der Waals surface area contributed by atoms with Crippen LogP contribution in [0.25, 0.3) is 0 Å². The number of hydrogen-bond donors (Lipinski definition) is 0. The molecule has 0 heterocycles. The molecule has 0 aliphatic carbocycles. The molecule has 0 fully saturated rings. The van der Waals surface area contributed by atoms with Crippen LogP contribution in [-0.2, 0) is 14.4 Å². The topological polar surface area (TPSA) is 54.5 Å². The summed E-state index contributed by atoms with van der Waals surface area (Å²) in [6.45, 7) is 3.72. The highest BCUT2D eigenvalue weighted by atomic mass is 16.2. The second-order valence-electron chi connectivity index (χ2n) is 2.33. The minimum absolute atomic E-state index is 0.120. The summed E-state index contributed by atoms with van der Waals surface area (Å²) in [5, 5.41) is 0. The average Bonchev–Trinajstić information content (AvgIpc) is 1.81. The van der Waals surface area contributed by atoms with Gasteiger partial charge in [-0.2, -0.15) is 0 Å². The van der Waals surface area contributed by atoms with Crippen molar-refractivity contribution in [2.75, 3.05) is 6.54 Å². The average molecular weight is 157 g/mol. The lowest BCUT2D eigenvalue weighted by atomic mass is 10.4. The van der Waals surface area contributed by atoms with Crippen LogP contribution in [0.2, 0.25) is 0 Å². The van der Waals surface area contributed by atoms with Crippen molar-refractivity contribution in [1.82, 2.24) is 4.90 Å². The molecule has 0 N–H and O–H groups in total. The highest BCUT2D eigenvalue weighted by Crippen LogP contribution is 1.90. The fourth-order valence-electron chi connectivity index (χ4n) is 0.667. The van der Waals surface area contributed by atoms with Gasteiger partial charge in [-0.25, -0.2) is 0 Å². The van der Waals surface area contributed by atoms with E-state index in [-0.39, 0.29) is 12.3 Å². The third kappa shape index (κ3) is 3.50. The van der Waals surface area contributed by atoms with E-state index in [4.69, 9.17) is 0 Å². The number of ketones is 1. The first-order valence-corrected chi connectivity index (χ1v) is 3.23. The van der Waals surface area contributed by atoms with Gasteiger partial charge in [0, 0.05) is 13.8 Å². The Kier molecular flexibility index (Phi) is 3.44. The molecule has 0 rings (SSSR count). The summed E-state index contributed by atoms with van der Waals surface area (Å²) in [5.41, 5.74) is 0. The molecule has 0 aromatic heterocycles. The lowest BCUT2D eigenvalue weighted by molar-refractivity contribution is -0.144. The minimum atomic E-state index is -0.396. The lowest BCUT2D eigenvalue weighted by Crippen LogP contribution is -2.36. The molecule has 11 heavy (non-hydrogen) atoms. The Morgan fingerprint density at radius 2 is 1.36 bits per heavy atom. The SMILES string of the molecule is CC(=O)CN(C(C)=O)C(C)=O. The van der Waals surface area contributed by atoms with E-state index >= 15 is 0 Å². The zero-order chi connectivity index (χ0) is 9.02. The molecule has 0 saturated carbocycles. The molecule has 4 nitrogen and oxygen atoms in total. The van der Waals surface area contributed by atoms with E-state index in [0.29, 0.717) is 0 Å².